The molecule has 4 atom stereocenters. The van der Waals surface area contributed by atoms with E-state index in [1.165, 1.54) is 0 Å². The summed E-state index contributed by atoms with van der Waals surface area (Å²) in [6, 6.07) is 8.92. The van der Waals surface area contributed by atoms with E-state index < -0.39 is 35.1 Å². The van der Waals surface area contributed by atoms with E-state index in [0.29, 0.717) is 43.1 Å². The van der Waals surface area contributed by atoms with Gasteiger partial charge in [0.2, 0.25) is 5.91 Å². The molecule has 0 aromatic heterocycles. The average molecular weight is 429 g/mol. The first-order valence-electron chi connectivity index (χ1n) is 9.95. The summed E-state index contributed by atoms with van der Waals surface area (Å²) < 4.78 is 11.9. The van der Waals surface area contributed by atoms with Crippen LogP contribution in [0.3, 0.4) is 0 Å². The van der Waals surface area contributed by atoms with E-state index >= 15 is 0 Å². The fourth-order valence-corrected chi connectivity index (χ4v) is 5.91. The van der Waals surface area contributed by atoms with Crippen LogP contribution in [-0.2, 0) is 14.3 Å². The summed E-state index contributed by atoms with van der Waals surface area (Å²) in [5, 5.41) is 15.9. The monoisotopic (exact) mass is 428 g/mol. The van der Waals surface area contributed by atoms with Crippen molar-refractivity contribution in [1.29, 1.82) is 5.26 Å². The Kier molecular flexibility index (Phi) is 4.33. The van der Waals surface area contributed by atoms with Crippen LogP contribution in [0.4, 0.5) is 4.79 Å². The van der Waals surface area contributed by atoms with E-state index in [4.69, 9.17) is 26.8 Å². The van der Waals surface area contributed by atoms with Crippen LogP contribution < -0.4 is 16.4 Å². The average Bonchev–Trinajstić information content (AvgIpc) is 3.16. The highest BCUT2D eigenvalue weighted by Gasteiger charge is 2.65. The van der Waals surface area contributed by atoms with Crippen molar-refractivity contribution < 1.29 is 19.1 Å². The van der Waals surface area contributed by atoms with E-state index in [1.807, 2.05) is 12.1 Å². The zero-order valence-electron chi connectivity index (χ0n) is 16.1. The van der Waals surface area contributed by atoms with Crippen LogP contribution >= 0.6 is 11.6 Å². The Balaban J connectivity index is 1.72. The lowest BCUT2D eigenvalue weighted by Crippen LogP contribution is -2.74. The lowest BCUT2D eigenvalue weighted by Gasteiger charge is -2.58. The Morgan fingerprint density at radius 1 is 1.17 bits per heavy atom. The normalized spacial score (nSPS) is 34.6. The zero-order valence-corrected chi connectivity index (χ0v) is 16.9. The van der Waals surface area contributed by atoms with Gasteiger partial charge in [0.15, 0.2) is 5.79 Å². The SMILES string of the molecule is N#CC1=C(N)[C@H]2C(=O)NC(=O)N[C@]23CCC2(C[C@H]3[C@@H]1c1ccc(Cl)cc1)OCCO2. The second kappa shape index (κ2) is 6.71. The van der Waals surface area contributed by atoms with Crippen molar-refractivity contribution in [2.24, 2.45) is 17.6 Å². The first-order chi connectivity index (χ1) is 14.4. The number of nitrogens with two attached hydrogens (primary N) is 1. The fourth-order valence-electron chi connectivity index (χ4n) is 5.78. The third-order valence-corrected chi connectivity index (χ3v) is 7.22. The summed E-state index contributed by atoms with van der Waals surface area (Å²) >= 11 is 6.08. The molecule has 2 aliphatic carbocycles. The van der Waals surface area contributed by atoms with Crippen LogP contribution in [0.2, 0.25) is 5.02 Å². The van der Waals surface area contributed by atoms with Gasteiger partial charge in [-0.15, -0.1) is 0 Å². The molecule has 9 heteroatoms. The second-order valence-electron chi connectivity index (χ2n) is 8.35. The number of imide groups is 1. The number of benzene rings is 1. The van der Waals surface area contributed by atoms with Gasteiger partial charge in [-0.25, -0.2) is 4.79 Å². The molecule has 2 aliphatic heterocycles. The van der Waals surface area contributed by atoms with Gasteiger partial charge in [-0.05, 0) is 30.0 Å². The molecule has 5 rings (SSSR count). The zero-order chi connectivity index (χ0) is 21.1. The van der Waals surface area contributed by atoms with E-state index in [9.17, 15) is 14.9 Å². The van der Waals surface area contributed by atoms with Crippen molar-refractivity contribution in [3.05, 3.63) is 46.1 Å². The predicted octanol–water partition coefficient (Wildman–Crippen LogP) is 1.91. The van der Waals surface area contributed by atoms with Crippen LogP contribution in [0.15, 0.2) is 35.5 Å². The smallest absolute Gasteiger partial charge is 0.321 e. The minimum Gasteiger partial charge on any atom is -0.400 e. The Morgan fingerprint density at radius 2 is 1.87 bits per heavy atom. The van der Waals surface area contributed by atoms with Crippen LogP contribution in [0, 0.1) is 23.2 Å². The number of rotatable bonds is 1. The largest absolute Gasteiger partial charge is 0.400 e. The van der Waals surface area contributed by atoms with E-state index in [1.54, 1.807) is 12.1 Å². The topological polar surface area (TPSA) is 126 Å². The summed E-state index contributed by atoms with van der Waals surface area (Å²) in [6.07, 6.45) is 1.41. The van der Waals surface area contributed by atoms with Gasteiger partial charge in [0, 0.05) is 29.5 Å². The number of ether oxygens (including phenoxy) is 2. The number of carbonyl (C=O) groups is 2. The fraction of sp³-hybridized carbons (Fsp3) is 0.476. The number of nitriles is 1. The molecule has 8 nitrogen and oxygen atoms in total. The number of nitrogens with one attached hydrogen (secondary N) is 2. The van der Waals surface area contributed by atoms with Gasteiger partial charge in [0.25, 0.3) is 0 Å². The number of urea groups is 1. The third-order valence-electron chi connectivity index (χ3n) is 6.97. The molecule has 2 saturated heterocycles. The molecule has 1 aromatic rings. The van der Waals surface area contributed by atoms with E-state index in [0.717, 1.165) is 5.56 Å². The number of carbonyl (C=O) groups excluding carboxylic acids is 2. The van der Waals surface area contributed by atoms with Crippen molar-refractivity contribution in [1.82, 2.24) is 10.6 Å². The van der Waals surface area contributed by atoms with Crippen molar-refractivity contribution >= 4 is 23.5 Å². The molecule has 4 N–H and O–H groups in total. The summed E-state index contributed by atoms with van der Waals surface area (Å²) in [7, 11) is 0. The number of nitrogens with zero attached hydrogens (tertiary/aromatic N) is 1. The second-order valence-corrected chi connectivity index (χ2v) is 8.78. The summed E-state index contributed by atoms with van der Waals surface area (Å²) in [4.78, 5) is 25.3. The number of hydrogen-bond donors (Lipinski definition) is 3. The molecule has 156 valence electrons. The highest BCUT2D eigenvalue weighted by atomic mass is 35.5. The molecular formula is C21H21ClN4O4. The van der Waals surface area contributed by atoms with Gasteiger partial charge >= 0.3 is 6.03 Å². The lowest BCUT2D eigenvalue weighted by molar-refractivity contribution is -0.206. The quantitative estimate of drug-likeness (QED) is 0.627. The van der Waals surface area contributed by atoms with Crippen LogP contribution in [0.5, 0.6) is 0 Å². The standard InChI is InChI=1S/C21H21ClN4O4/c22-12-3-1-11(2-4-12)15-13(10-23)17(24)16-18(27)25-19(28)26-21(16)6-5-20(9-14(15)21)29-7-8-30-20/h1-4,14-16H,5-9,24H2,(H2,25,26,27,28)/t14-,15+,16-,21-/m0/s1. The Bertz CT molecular complexity index is 995. The summed E-state index contributed by atoms with van der Waals surface area (Å²) in [5.41, 5.74) is 6.90. The van der Waals surface area contributed by atoms with Crippen LogP contribution in [0.1, 0.15) is 30.7 Å². The summed E-state index contributed by atoms with van der Waals surface area (Å²) in [5.74, 6) is -2.84. The Hall–Kier alpha value is -2.60. The lowest BCUT2D eigenvalue weighted by atomic mass is 9.53. The third kappa shape index (κ3) is 2.66. The molecule has 4 aliphatic rings. The first-order valence-corrected chi connectivity index (χ1v) is 10.3. The van der Waals surface area contributed by atoms with Gasteiger partial charge in [-0.1, -0.05) is 23.7 Å². The number of allylic oxidation sites excluding steroid dienone is 1. The van der Waals surface area contributed by atoms with E-state index in [-0.39, 0.29) is 11.6 Å². The number of hydrogen-bond acceptors (Lipinski definition) is 6. The minimum absolute atomic E-state index is 0.204. The molecule has 0 radical (unpaired) electrons. The van der Waals surface area contributed by atoms with Gasteiger partial charge < -0.3 is 20.5 Å². The maximum atomic E-state index is 12.9. The minimum atomic E-state index is -0.922. The van der Waals surface area contributed by atoms with Crippen LogP contribution in [-0.4, -0.2) is 36.5 Å². The van der Waals surface area contributed by atoms with Crippen molar-refractivity contribution in [3.63, 3.8) is 0 Å². The summed E-state index contributed by atoms with van der Waals surface area (Å²) in [6.45, 7) is 0.982. The van der Waals surface area contributed by atoms with Gasteiger partial charge in [0.1, 0.15) is 5.92 Å². The predicted molar refractivity (Wildman–Crippen MR) is 106 cm³/mol. The molecule has 2 heterocycles. The Labute approximate surface area is 178 Å². The van der Waals surface area contributed by atoms with Gasteiger partial charge in [-0.3, -0.25) is 10.1 Å². The molecule has 1 saturated carbocycles. The maximum Gasteiger partial charge on any atom is 0.321 e. The molecule has 0 unspecified atom stereocenters. The van der Waals surface area contributed by atoms with Gasteiger partial charge in [0.05, 0.1) is 30.4 Å². The first kappa shape index (κ1) is 19.4. The molecule has 1 aromatic carbocycles. The molecule has 30 heavy (non-hydrogen) atoms. The van der Waals surface area contributed by atoms with Gasteiger partial charge in [-0.2, -0.15) is 5.26 Å². The number of halogens is 1. The van der Waals surface area contributed by atoms with Crippen molar-refractivity contribution in [3.8, 4) is 6.07 Å². The Morgan fingerprint density at radius 3 is 2.53 bits per heavy atom. The highest BCUT2D eigenvalue weighted by Crippen LogP contribution is 2.58. The number of amides is 3. The maximum absolute atomic E-state index is 12.9. The van der Waals surface area contributed by atoms with Crippen molar-refractivity contribution in [2.45, 2.75) is 36.5 Å². The molecular weight excluding hydrogens is 408 g/mol. The molecule has 3 fully saturated rings. The molecule has 3 amide bonds. The van der Waals surface area contributed by atoms with Crippen LogP contribution in [0.25, 0.3) is 0 Å². The van der Waals surface area contributed by atoms with E-state index in [2.05, 4.69) is 16.7 Å². The molecule has 2 spiro atoms. The highest BCUT2D eigenvalue weighted by molar-refractivity contribution is 6.30. The van der Waals surface area contributed by atoms with Crippen molar-refractivity contribution in [2.75, 3.05) is 13.2 Å². The molecule has 0 bridgehead atoms.